The molecule has 0 radical (unpaired) electrons. The zero-order valence-corrected chi connectivity index (χ0v) is 16.4. The molecule has 0 fully saturated rings. The SMILES string of the molecule is CCCCc1c(-c2ccccc2C)c(C(N)=O)c(C)n1CCC(C)C. The van der Waals surface area contributed by atoms with Crippen molar-refractivity contribution in [3.8, 4) is 11.1 Å². The molecule has 2 N–H and O–H groups in total. The van der Waals surface area contributed by atoms with Crippen LogP contribution in [0.2, 0.25) is 0 Å². The molecule has 3 heteroatoms. The van der Waals surface area contributed by atoms with Crippen molar-refractivity contribution in [1.29, 1.82) is 0 Å². The fraction of sp³-hybridized carbons (Fsp3) is 0.500. The molecular weight excluding hydrogens is 308 g/mol. The maximum absolute atomic E-state index is 12.3. The van der Waals surface area contributed by atoms with Crippen molar-refractivity contribution < 1.29 is 4.79 Å². The first-order valence-electron chi connectivity index (χ1n) is 9.46. The van der Waals surface area contributed by atoms with E-state index >= 15 is 0 Å². The van der Waals surface area contributed by atoms with Gasteiger partial charge in [0.05, 0.1) is 5.56 Å². The van der Waals surface area contributed by atoms with Crippen LogP contribution in [0.3, 0.4) is 0 Å². The summed E-state index contributed by atoms with van der Waals surface area (Å²) in [4.78, 5) is 12.3. The molecule has 3 nitrogen and oxygen atoms in total. The normalized spacial score (nSPS) is 11.3. The average molecular weight is 341 g/mol. The van der Waals surface area contributed by atoms with Crippen LogP contribution < -0.4 is 5.73 Å². The van der Waals surface area contributed by atoms with E-state index in [4.69, 9.17) is 5.73 Å². The lowest BCUT2D eigenvalue weighted by atomic mass is 9.94. The smallest absolute Gasteiger partial charge is 0.251 e. The molecule has 2 rings (SSSR count). The van der Waals surface area contributed by atoms with Gasteiger partial charge in [0.2, 0.25) is 0 Å². The van der Waals surface area contributed by atoms with Crippen LogP contribution in [-0.2, 0) is 13.0 Å². The number of nitrogens with zero attached hydrogens (tertiary/aromatic N) is 1. The molecular formula is C22H32N2O. The number of primary amides is 1. The summed E-state index contributed by atoms with van der Waals surface area (Å²) >= 11 is 0. The molecule has 0 aliphatic carbocycles. The van der Waals surface area contributed by atoms with Gasteiger partial charge in [-0.2, -0.15) is 0 Å². The van der Waals surface area contributed by atoms with Crippen molar-refractivity contribution >= 4 is 5.91 Å². The highest BCUT2D eigenvalue weighted by Crippen LogP contribution is 2.36. The minimum absolute atomic E-state index is 0.322. The van der Waals surface area contributed by atoms with E-state index in [0.717, 1.165) is 49.0 Å². The Labute approximate surface area is 152 Å². The topological polar surface area (TPSA) is 48.0 Å². The molecule has 2 aromatic rings. The van der Waals surface area contributed by atoms with Crippen LogP contribution in [0.15, 0.2) is 24.3 Å². The van der Waals surface area contributed by atoms with E-state index in [0.29, 0.717) is 11.5 Å². The number of benzene rings is 1. The summed E-state index contributed by atoms with van der Waals surface area (Å²) in [5.74, 6) is 0.302. The number of aromatic nitrogens is 1. The van der Waals surface area contributed by atoms with Crippen LogP contribution in [-0.4, -0.2) is 10.5 Å². The maximum Gasteiger partial charge on any atom is 0.251 e. The lowest BCUT2D eigenvalue weighted by Gasteiger charge is -2.15. The predicted molar refractivity (Wildman–Crippen MR) is 106 cm³/mol. The van der Waals surface area contributed by atoms with Gasteiger partial charge < -0.3 is 10.3 Å². The predicted octanol–water partition coefficient (Wildman–Crippen LogP) is 5.26. The first-order valence-corrected chi connectivity index (χ1v) is 9.46. The Bertz CT molecular complexity index is 741. The van der Waals surface area contributed by atoms with E-state index in [2.05, 4.69) is 44.4 Å². The van der Waals surface area contributed by atoms with Crippen LogP contribution in [0.4, 0.5) is 0 Å². The Balaban J connectivity index is 2.71. The largest absolute Gasteiger partial charge is 0.366 e. The van der Waals surface area contributed by atoms with Gasteiger partial charge in [-0.1, -0.05) is 51.5 Å². The molecule has 1 aromatic carbocycles. The molecule has 1 amide bonds. The van der Waals surface area contributed by atoms with E-state index in [1.54, 1.807) is 0 Å². The summed E-state index contributed by atoms with van der Waals surface area (Å²) < 4.78 is 2.34. The second-order valence-corrected chi connectivity index (χ2v) is 7.40. The standard InChI is InChI=1S/C22H32N2O/c1-6-7-12-19-21(18-11-9-8-10-16(18)4)20(22(23)25)17(5)24(19)14-13-15(2)3/h8-11,15H,6-7,12-14H2,1-5H3,(H2,23,25). The molecule has 136 valence electrons. The average Bonchev–Trinajstić information content (AvgIpc) is 2.83. The summed E-state index contributed by atoms with van der Waals surface area (Å²) in [5.41, 5.74) is 12.2. The summed E-state index contributed by atoms with van der Waals surface area (Å²) in [7, 11) is 0. The summed E-state index contributed by atoms with van der Waals surface area (Å²) in [6.45, 7) is 11.8. The van der Waals surface area contributed by atoms with Gasteiger partial charge >= 0.3 is 0 Å². The van der Waals surface area contributed by atoms with Crippen LogP contribution in [0, 0.1) is 19.8 Å². The molecule has 25 heavy (non-hydrogen) atoms. The van der Waals surface area contributed by atoms with E-state index in [-0.39, 0.29) is 5.91 Å². The molecule has 0 saturated carbocycles. The molecule has 1 aromatic heterocycles. The van der Waals surface area contributed by atoms with Crippen molar-refractivity contribution in [3.05, 3.63) is 46.8 Å². The number of aryl methyl sites for hydroxylation is 1. The number of hydrogen-bond donors (Lipinski definition) is 1. The second-order valence-electron chi connectivity index (χ2n) is 7.40. The summed E-state index contributed by atoms with van der Waals surface area (Å²) in [6.07, 6.45) is 4.32. The number of carbonyl (C=O) groups is 1. The molecule has 0 aliphatic heterocycles. The first kappa shape index (κ1) is 19.3. The van der Waals surface area contributed by atoms with Gasteiger partial charge in [0.15, 0.2) is 0 Å². The van der Waals surface area contributed by atoms with Gasteiger partial charge in [-0.25, -0.2) is 0 Å². The molecule has 0 spiro atoms. The maximum atomic E-state index is 12.3. The van der Waals surface area contributed by atoms with E-state index in [1.807, 2.05) is 19.1 Å². The minimum Gasteiger partial charge on any atom is -0.366 e. The number of rotatable bonds is 8. The zero-order chi connectivity index (χ0) is 18.6. The Hall–Kier alpha value is -2.03. The van der Waals surface area contributed by atoms with Gasteiger partial charge in [-0.3, -0.25) is 4.79 Å². The van der Waals surface area contributed by atoms with Crippen LogP contribution >= 0.6 is 0 Å². The monoisotopic (exact) mass is 340 g/mol. The summed E-state index contributed by atoms with van der Waals surface area (Å²) in [5, 5.41) is 0. The van der Waals surface area contributed by atoms with Gasteiger partial charge in [-0.05, 0) is 50.2 Å². The third kappa shape index (κ3) is 4.15. The van der Waals surface area contributed by atoms with E-state index in [9.17, 15) is 4.79 Å². The molecule has 1 heterocycles. The number of carbonyl (C=O) groups excluding carboxylic acids is 1. The van der Waals surface area contributed by atoms with Gasteiger partial charge in [-0.15, -0.1) is 0 Å². The second kappa shape index (κ2) is 8.37. The van der Waals surface area contributed by atoms with Crippen LogP contribution in [0.5, 0.6) is 0 Å². The van der Waals surface area contributed by atoms with Crippen molar-refractivity contribution in [2.45, 2.75) is 66.8 Å². The molecule has 0 unspecified atom stereocenters. The third-order valence-corrected chi connectivity index (χ3v) is 4.99. The van der Waals surface area contributed by atoms with Gasteiger partial charge in [0.25, 0.3) is 5.91 Å². The van der Waals surface area contributed by atoms with Gasteiger partial charge in [0, 0.05) is 23.5 Å². The first-order chi connectivity index (χ1) is 11.9. The highest BCUT2D eigenvalue weighted by atomic mass is 16.1. The lowest BCUT2D eigenvalue weighted by molar-refractivity contribution is 0.1000. The highest BCUT2D eigenvalue weighted by molar-refractivity contribution is 6.02. The third-order valence-electron chi connectivity index (χ3n) is 4.99. The fourth-order valence-corrected chi connectivity index (χ4v) is 3.54. The minimum atomic E-state index is -0.322. The highest BCUT2D eigenvalue weighted by Gasteiger charge is 2.25. The van der Waals surface area contributed by atoms with E-state index < -0.39 is 0 Å². The van der Waals surface area contributed by atoms with Crippen molar-refractivity contribution in [2.24, 2.45) is 11.7 Å². The zero-order valence-electron chi connectivity index (χ0n) is 16.4. The lowest BCUT2D eigenvalue weighted by Crippen LogP contribution is -2.14. The fourth-order valence-electron chi connectivity index (χ4n) is 3.54. The van der Waals surface area contributed by atoms with Crippen LogP contribution in [0.1, 0.15) is 67.3 Å². The Morgan fingerprint density at radius 1 is 1.20 bits per heavy atom. The molecule has 0 bridgehead atoms. The molecule has 0 atom stereocenters. The quantitative estimate of drug-likeness (QED) is 0.700. The number of hydrogen-bond acceptors (Lipinski definition) is 1. The number of amides is 1. The summed E-state index contributed by atoms with van der Waals surface area (Å²) in [6, 6.07) is 8.29. The van der Waals surface area contributed by atoms with Gasteiger partial charge in [0.1, 0.15) is 0 Å². The van der Waals surface area contributed by atoms with Crippen molar-refractivity contribution in [3.63, 3.8) is 0 Å². The number of nitrogens with two attached hydrogens (primary N) is 1. The Morgan fingerprint density at radius 3 is 2.44 bits per heavy atom. The number of unbranched alkanes of at least 4 members (excludes halogenated alkanes) is 1. The Morgan fingerprint density at radius 2 is 1.88 bits per heavy atom. The van der Waals surface area contributed by atoms with Crippen molar-refractivity contribution in [1.82, 2.24) is 4.57 Å². The molecule has 0 aliphatic rings. The van der Waals surface area contributed by atoms with Crippen LogP contribution in [0.25, 0.3) is 11.1 Å². The Kier molecular flexibility index (Phi) is 6.46. The molecule has 0 saturated heterocycles. The van der Waals surface area contributed by atoms with E-state index in [1.165, 1.54) is 11.3 Å². The van der Waals surface area contributed by atoms with Crippen molar-refractivity contribution in [2.75, 3.05) is 0 Å².